The molecule has 2 aromatic heterocycles. The number of nitrogens with one attached hydrogen (secondary N) is 2. The number of aryl methyl sites for hydroxylation is 3. The van der Waals surface area contributed by atoms with E-state index in [1.54, 1.807) is 0 Å². The summed E-state index contributed by atoms with van der Waals surface area (Å²) in [6.45, 7) is 8.20. The predicted octanol–water partition coefficient (Wildman–Crippen LogP) is 4.76. The first-order chi connectivity index (χ1) is 12.9. The van der Waals surface area contributed by atoms with Crippen LogP contribution in [0, 0.1) is 20.8 Å². The van der Waals surface area contributed by atoms with E-state index in [1.165, 1.54) is 40.6 Å². The molecule has 0 aliphatic heterocycles. The summed E-state index contributed by atoms with van der Waals surface area (Å²) in [5.41, 5.74) is 8.20. The first-order valence-electron chi connectivity index (χ1n) is 9.89. The zero-order valence-corrected chi connectivity index (χ0v) is 16.6. The van der Waals surface area contributed by atoms with Crippen LogP contribution >= 0.6 is 0 Å². The molecule has 1 amide bonds. The quantitative estimate of drug-likeness (QED) is 0.701. The molecule has 142 valence electrons. The topological polar surface area (TPSA) is 62.7 Å². The van der Waals surface area contributed by atoms with E-state index >= 15 is 0 Å². The van der Waals surface area contributed by atoms with Gasteiger partial charge < -0.3 is 10.3 Å². The summed E-state index contributed by atoms with van der Waals surface area (Å²) in [5, 5.41) is 8.92. The van der Waals surface area contributed by atoms with Crippen molar-refractivity contribution >= 4 is 22.5 Å². The third kappa shape index (κ3) is 3.27. The molecule has 1 atom stereocenters. The summed E-state index contributed by atoms with van der Waals surface area (Å²) in [5.74, 6) is 0.0245. The minimum absolute atomic E-state index is 0.0245. The maximum Gasteiger partial charge on any atom is 0.226 e. The maximum atomic E-state index is 12.6. The largest absolute Gasteiger partial charge is 0.358 e. The first kappa shape index (κ1) is 17.8. The molecular formula is C22H28N4O. The number of aromatic nitrogens is 3. The summed E-state index contributed by atoms with van der Waals surface area (Å²) >= 11 is 0. The minimum Gasteiger partial charge on any atom is -0.358 e. The van der Waals surface area contributed by atoms with Crippen molar-refractivity contribution in [1.82, 2.24) is 14.8 Å². The molecule has 0 radical (unpaired) electrons. The van der Waals surface area contributed by atoms with Crippen molar-refractivity contribution in [3.05, 3.63) is 46.4 Å². The Bertz CT molecular complexity index is 1010. The van der Waals surface area contributed by atoms with Crippen LogP contribution in [0.2, 0.25) is 0 Å². The molecule has 27 heavy (non-hydrogen) atoms. The highest BCUT2D eigenvalue weighted by Crippen LogP contribution is 2.31. The second kappa shape index (κ2) is 6.87. The lowest BCUT2D eigenvalue weighted by Crippen LogP contribution is -2.19. The smallest absolute Gasteiger partial charge is 0.226 e. The standard InChI is InChI=1S/C22H28N4O/c1-13(26-16(4)14(2)15(3)25-26)11-22(27)23-17-9-10-21-19(12-17)18-7-5-6-8-20(18)24-21/h9-10,12-13,24H,5-8,11H2,1-4H3,(H,23,27). The fourth-order valence-corrected chi connectivity index (χ4v) is 4.22. The van der Waals surface area contributed by atoms with Crippen LogP contribution in [0.5, 0.6) is 0 Å². The molecule has 0 bridgehead atoms. The summed E-state index contributed by atoms with van der Waals surface area (Å²) in [4.78, 5) is 16.1. The highest BCUT2D eigenvalue weighted by molar-refractivity contribution is 5.95. The number of nitrogens with zero attached hydrogens (tertiary/aromatic N) is 2. The molecule has 0 saturated carbocycles. The third-order valence-electron chi connectivity index (χ3n) is 5.97. The molecule has 0 fully saturated rings. The molecule has 5 heteroatoms. The second-order valence-corrected chi connectivity index (χ2v) is 7.89. The van der Waals surface area contributed by atoms with Crippen LogP contribution in [0.15, 0.2) is 18.2 Å². The van der Waals surface area contributed by atoms with Gasteiger partial charge in [-0.3, -0.25) is 9.48 Å². The van der Waals surface area contributed by atoms with Gasteiger partial charge in [0.2, 0.25) is 5.91 Å². The van der Waals surface area contributed by atoms with E-state index in [9.17, 15) is 4.79 Å². The number of benzene rings is 1. The summed E-state index contributed by atoms with van der Waals surface area (Å²) in [7, 11) is 0. The molecule has 5 nitrogen and oxygen atoms in total. The molecule has 1 aliphatic carbocycles. The van der Waals surface area contributed by atoms with E-state index in [0.717, 1.165) is 29.9 Å². The number of carbonyl (C=O) groups is 1. The lowest BCUT2D eigenvalue weighted by atomic mass is 9.95. The van der Waals surface area contributed by atoms with Crippen LogP contribution in [0.25, 0.3) is 10.9 Å². The van der Waals surface area contributed by atoms with E-state index in [2.05, 4.69) is 41.4 Å². The Labute approximate surface area is 160 Å². The van der Waals surface area contributed by atoms with E-state index in [4.69, 9.17) is 0 Å². The number of hydrogen-bond acceptors (Lipinski definition) is 2. The summed E-state index contributed by atoms with van der Waals surface area (Å²) < 4.78 is 1.97. The molecular weight excluding hydrogens is 336 g/mol. The maximum absolute atomic E-state index is 12.6. The SMILES string of the molecule is Cc1nn(C(C)CC(=O)Nc2ccc3[nH]c4c(c3c2)CCCC4)c(C)c1C. The lowest BCUT2D eigenvalue weighted by molar-refractivity contribution is -0.116. The first-order valence-corrected chi connectivity index (χ1v) is 9.89. The van der Waals surface area contributed by atoms with Gasteiger partial charge in [0.25, 0.3) is 0 Å². The highest BCUT2D eigenvalue weighted by atomic mass is 16.1. The molecule has 1 aliphatic rings. The van der Waals surface area contributed by atoms with Crippen molar-refractivity contribution in [3.8, 4) is 0 Å². The van der Waals surface area contributed by atoms with Crippen molar-refractivity contribution in [2.75, 3.05) is 5.32 Å². The van der Waals surface area contributed by atoms with Gasteiger partial charge in [-0.05, 0) is 82.7 Å². The Balaban J connectivity index is 1.50. The Hall–Kier alpha value is -2.56. The normalized spacial score (nSPS) is 15.0. The number of amides is 1. The van der Waals surface area contributed by atoms with Gasteiger partial charge in [-0.15, -0.1) is 0 Å². The monoisotopic (exact) mass is 364 g/mol. The van der Waals surface area contributed by atoms with Gasteiger partial charge in [-0.1, -0.05) is 0 Å². The van der Waals surface area contributed by atoms with Crippen LogP contribution in [-0.2, 0) is 17.6 Å². The van der Waals surface area contributed by atoms with Crippen molar-refractivity contribution in [1.29, 1.82) is 0 Å². The van der Waals surface area contributed by atoms with E-state index in [0.29, 0.717) is 6.42 Å². The van der Waals surface area contributed by atoms with Crippen molar-refractivity contribution < 1.29 is 4.79 Å². The molecule has 0 saturated heterocycles. The Morgan fingerprint density at radius 2 is 2.04 bits per heavy atom. The molecule has 1 aromatic carbocycles. The van der Waals surface area contributed by atoms with Crippen LogP contribution in [0.1, 0.15) is 60.4 Å². The van der Waals surface area contributed by atoms with Gasteiger partial charge >= 0.3 is 0 Å². The van der Waals surface area contributed by atoms with Crippen LogP contribution in [0.3, 0.4) is 0 Å². The molecule has 4 rings (SSSR count). The highest BCUT2D eigenvalue weighted by Gasteiger charge is 2.18. The van der Waals surface area contributed by atoms with Gasteiger partial charge in [0.1, 0.15) is 0 Å². The van der Waals surface area contributed by atoms with Crippen LogP contribution in [0.4, 0.5) is 5.69 Å². The number of carbonyl (C=O) groups excluding carboxylic acids is 1. The minimum atomic E-state index is 0.0245. The molecule has 3 aromatic rings. The zero-order valence-electron chi connectivity index (χ0n) is 16.6. The van der Waals surface area contributed by atoms with Crippen LogP contribution in [-0.4, -0.2) is 20.7 Å². The van der Waals surface area contributed by atoms with Crippen LogP contribution < -0.4 is 5.32 Å². The van der Waals surface area contributed by atoms with E-state index in [-0.39, 0.29) is 11.9 Å². The van der Waals surface area contributed by atoms with Crippen molar-refractivity contribution in [2.45, 2.75) is 65.8 Å². The average molecular weight is 364 g/mol. The molecule has 1 unspecified atom stereocenters. The van der Waals surface area contributed by atoms with Crippen molar-refractivity contribution in [3.63, 3.8) is 0 Å². The van der Waals surface area contributed by atoms with Gasteiger partial charge in [-0.2, -0.15) is 5.10 Å². The Morgan fingerprint density at radius 1 is 1.26 bits per heavy atom. The fourth-order valence-electron chi connectivity index (χ4n) is 4.22. The van der Waals surface area contributed by atoms with Gasteiger partial charge in [-0.25, -0.2) is 0 Å². The van der Waals surface area contributed by atoms with Gasteiger partial charge in [0, 0.05) is 34.4 Å². The number of fused-ring (bicyclic) bond motifs is 3. The summed E-state index contributed by atoms with van der Waals surface area (Å²) in [6, 6.07) is 6.21. The van der Waals surface area contributed by atoms with Gasteiger partial charge in [0.05, 0.1) is 11.7 Å². The number of rotatable bonds is 4. The molecule has 2 N–H and O–H groups in total. The average Bonchev–Trinajstić information content (AvgIpc) is 3.14. The van der Waals surface area contributed by atoms with E-state index in [1.807, 2.05) is 24.6 Å². The fraction of sp³-hybridized carbons (Fsp3) is 0.455. The Kier molecular flexibility index (Phi) is 4.54. The Morgan fingerprint density at radius 3 is 2.78 bits per heavy atom. The second-order valence-electron chi connectivity index (χ2n) is 7.89. The van der Waals surface area contributed by atoms with Gasteiger partial charge in [0.15, 0.2) is 0 Å². The third-order valence-corrected chi connectivity index (χ3v) is 5.97. The molecule has 2 heterocycles. The lowest BCUT2D eigenvalue weighted by Gasteiger charge is -2.15. The summed E-state index contributed by atoms with van der Waals surface area (Å²) in [6.07, 6.45) is 5.17. The number of H-pyrrole nitrogens is 1. The van der Waals surface area contributed by atoms with E-state index < -0.39 is 0 Å². The number of anilines is 1. The number of aromatic amines is 1. The number of hydrogen-bond donors (Lipinski definition) is 2. The molecule has 0 spiro atoms. The zero-order chi connectivity index (χ0) is 19.1. The predicted molar refractivity (Wildman–Crippen MR) is 109 cm³/mol. The van der Waals surface area contributed by atoms with Crippen molar-refractivity contribution in [2.24, 2.45) is 0 Å².